The molecular weight excluding hydrogens is 590 g/mol. The van der Waals surface area contributed by atoms with Crippen LogP contribution in [0.3, 0.4) is 0 Å². The molecule has 0 fully saturated rings. The summed E-state index contributed by atoms with van der Waals surface area (Å²) in [7, 11) is 4.17. The number of hydrogen-bond acceptors (Lipinski definition) is 0. The molecule has 0 aromatic carbocycles. The van der Waals surface area contributed by atoms with Crippen LogP contribution in [0.25, 0.3) is 0 Å². The fourth-order valence-electron chi connectivity index (χ4n) is 1.88. The van der Waals surface area contributed by atoms with Gasteiger partial charge in [-0.3, -0.25) is 0 Å². The molecule has 0 aliphatic rings. The Balaban J connectivity index is 1.83. The molecule has 0 spiro atoms. The fourth-order valence-corrected chi connectivity index (χ4v) is 3.06. The molecule has 2 aromatic heterocycles. The third kappa shape index (κ3) is 3.22. The topological polar surface area (TPSA) is 19.7 Å². The molecule has 18 heavy (non-hydrogen) atoms. The van der Waals surface area contributed by atoms with Gasteiger partial charge < -0.3 is 0 Å². The Labute approximate surface area is 129 Å². The molecule has 0 aliphatic carbocycles. The van der Waals surface area contributed by atoms with Crippen LogP contribution in [-0.2, 0) is 65.9 Å². The first-order valence-electron chi connectivity index (χ1n) is 5.94. The van der Waals surface area contributed by atoms with Gasteiger partial charge in [0.1, 0.15) is 0 Å². The molecule has 6 heteroatoms. The van der Waals surface area contributed by atoms with Gasteiger partial charge in [-0.2, -0.15) is 0 Å². The molecule has 0 radical (unpaired) electrons. The summed E-state index contributed by atoms with van der Waals surface area (Å²) < 4.78 is 11.5. The molecule has 2 aromatic rings. The van der Waals surface area contributed by atoms with Gasteiger partial charge in [-0.25, -0.2) is 0 Å². The maximum atomic E-state index is 2.37. The van der Waals surface area contributed by atoms with Crippen LogP contribution in [-0.4, -0.2) is 18.3 Å². The summed E-state index contributed by atoms with van der Waals surface area (Å²) in [5.74, 6) is 0. The van der Waals surface area contributed by atoms with Crippen molar-refractivity contribution in [2.24, 2.45) is 14.1 Å². The van der Waals surface area contributed by atoms with E-state index < -0.39 is 0 Å². The van der Waals surface area contributed by atoms with Crippen LogP contribution < -0.4 is 0 Å². The molecule has 0 amide bonds. The van der Waals surface area contributed by atoms with Crippen LogP contribution in [0, 0.1) is 7.61 Å². The van der Waals surface area contributed by atoms with Gasteiger partial charge in [0.05, 0.1) is 0 Å². The molecule has 2 rings (SSSR count). The van der Waals surface area contributed by atoms with Crippen molar-refractivity contribution in [3.63, 3.8) is 0 Å². The van der Waals surface area contributed by atoms with Gasteiger partial charge in [-0.1, -0.05) is 0 Å². The predicted molar refractivity (Wildman–Crippen MR) is 62.5 cm³/mol. The van der Waals surface area contributed by atoms with Crippen molar-refractivity contribution in [3.8, 4) is 0 Å². The fraction of sp³-hybridized carbons (Fsp3) is 0.500. The molecule has 0 saturated heterocycles. The third-order valence-electron chi connectivity index (χ3n) is 2.97. The zero-order chi connectivity index (χ0) is 13.1. The molecule has 0 N–H and O–H groups in total. The number of hydrogen-bond donors (Lipinski definition) is 0. The summed E-state index contributed by atoms with van der Waals surface area (Å²) in [6.45, 7) is 2.20. The van der Waals surface area contributed by atoms with Crippen LogP contribution in [0.2, 0.25) is 0 Å². The standard InChI is InChI=1S/C12H18N4.2Pt/c1-13-7-9-15(11-13)5-3-4-6-16-10-8-14(2)12-16;;/h7-10H,3-6H2,1-2H3;;. The van der Waals surface area contributed by atoms with E-state index in [2.05, 4.69) is 95.9 Å². The third-order valence-corrected chi connectivity index (χ3v) is 5.87. The van der Waals surface area contributed by atoms with Crippen molar-refractivity contribution in [2.45, 2.75) is 25.9 Å². The van der Waals surface area contributed by atoms with Crippen LogP contribution >= 0.6 is 0 Å². The first-order chi connectivity index (χ1) is 8.59. The van der Waals surface area contributed by atoms with E-state index in [0.29, 0.717) is 0 Å². The normalized spacial score (nSPS) is 11.2. The minimum absolute atomic E-state index is 1.10. The van der Waals surface area contributed by atoms with Gasteiger partial charge >= 0.3 is 129 Å². The van der Waals surface area contributed by atoms with E-state index in [1.165, 1.54) is 20.5 Å². The van der Waals surface area contributed by atoms with Gasteiger partial charge in [0.25, 0.3) is 0 Å². The molecule has 0 saturated carbocycles. The average molecular weight is 608 g/mol. The van der Waals surface area contributed by atoms with Gasteiger partial charge in [0.2, 0.25) is 0 Å². The van der Waals surface area contributed by atoms with Crippen LogP contribution in [0.1, 0.15) is 12.8 Å². The summed E-state index contributed by atoms with van der Waals surface area (Å²) in [6.07, 6.45) is 10.9. The van der Waals surface area contributed by atoms with E-state index in [9.17, 15) is 0 Å². The number of rotatable bonds is 5. The van der Waals surface area contributed by atoms with Gasteiger partial charge in [0.15, 0.2) is 0 Å². The predicted octanol–water partition coefficient (Wildman–Crippen LogP) is 1.60. The van der Waals surface area contributed by atoms with E-state index in [-0.39, 0.29) is 0 Å². The van der Waals surface area contributed by atoms with Gasteiger partial charge in [-0.05, 0) is 0 Å². The van der Waals surface area contributed by atoms with E-state index in [1.807, 2.05) is 0 Å². The second-order valence-electron chi connectivity index (χ2n) is 4.39. The molecule has 0 aliphatic heterocycles. The second kappa shape index (κ2) is 6.30. The average Bonchev–Trinajstić information content (AvgIpc) is 2.83. The van der Waals surface area contributed by atoms with Crippen LogP contribution in [0.4, 0.5) is 0 Å². The molecule has 2 heterocycles. The number of aryl methyl sites for hydroxylation is 4. The Morgan fingerprint density at radius 3 is 1.44 bits per heavy atom. The maximum absolute atomic E-state index is 2.37. The van der Waals surface area contributed by atoms with Crippen molar-refractivity contribution in [1.82, 2.24) is 18.3 Å². The molecule has 0 bridgehead atoms. The zero-order valence-electron chi connectivity index (χ0n) is 10.6. The Kier molecular flexibility index (Phi) is 4.97. The van der Waals surface area contributed by atoms with Crippen molar-refractivity contribution in [2.75, 3.05) is 0 Å². The SMILES string of the molecule is Cn1ccn(CCCCn2ccn(C)[c]2=[Pt])[c]1=[Pt]. The van der Waals surface area contributed by atoms with Crippen molar-refractivity contribution in [3.05, 3.63) is 32.4 Å². The monoisotopic (exact) mass is 608 g/mol. The van der Waals surface area contributed by atoms with Crippen LogP contribution in [0.15, 0.2) is 24.8 Å². The number of nitrogens with zero attached hydrogens (tertiary/aromatic N) is 4. The Bertz CT molecular complexity index is 573. The Hall–Kier alpha value is -0.203. The zero-order valence-corrected chi connectivity index (χ0v) is 15.1. The van der Waals surface area contributed by atoms with Gasteiger partial charge in [-0.15, -0.1) is 0 Å². The van der Waals surface area contributed by atoms with E-state index >= 15 is 0 Å². The van der Waals surface area contributed by atoms with Crippen molar-refractivity contribution >= 4 is 0 Å². The summed E-state index contributed by atoms with van der Waals surface area (Å²) in [6, 6.07) is 0. The number of unbranched alkanes of at least 4 members (excludes halogenated alkanes) is 1. The quantitative estimate of drug-likeness (QED) is 0.461. The minimum atomic E-state index is 1.10. The summed E-state index contributed by atoms with van der Waals surface area (Å²) in [5.41, 5.74) is 0. The Morgan fingerprint density at radius 1 is 0.778 bits per heavy atom. The van der Waals surface area contributed by atoms with Gasteiger partial charge in [0, 0.05) is 0 Å². The summed E-state index contributed by atoms with van der Waals surface area (Å²) >= 11 is 4.74. The molecule has 106 valence electrons. The first kappa shape index (κ1) is 14.2. The van der Waals surface area contributed by atoms with E-state index in [0.717, 1.165) is 13.1 Å². The number of aromatic nitrogens is 4. The van der Waals surface area contributed by atoms with Crippen molar-refractivity contribution < 1.29 is 38.7 Å². The summed E-state index contributed by atoms with van der Waals surface area (Å²) in [4.78, 5) is 0. The Morgan fingerprint density at radius 2 is 1.17 bits per heavy atom. The molecule has 4 nitrogen and oxygen atoms in total. The molecular formula is C12H18N4Pt2. The molecule has 0 unspecified atom stereocenters. The van der Waals surface area contributed by atoms with Crippen molar-refractivity contribution in [1.29, 1.82) is 0 Å². The molecule has 0 atom stereocenters. The first-order valence-corrected chi connectivity index (χ1v) is 8.21. The second-order valence-corrected chi connectivity index (χ2v) is 6.43. The number of imidazole rings is 2. The van der Waals surface area contributed by atoms with Crippen LogP contribution in [0.5, 0.6) is 0 Å². The summed E-state index contributed by atoms with van der Waals surface area (Å²) in [5, 5.41) is 0. The van der Waals surface area contributed by atoms with E-state index in [1.54, 1.807) is 0 Å². The van der Waals surface area contributed by atoms with E-state index in [4.69, 9.17) is 0 Å².